The van der Waals surface area contributed by atoms with E-state index in [1.54, 1.807) is 0 Å². The van der Waals surface area contributed by atoms with Gasteiger partial charge < -0.3 is 20.3 Å². The first kappa shape index (κ1) is 23.1. The Balaban J connectivity index is 1.47. The molecule has 2 aromatic carbocycles. The molecule has 0 bridgehead atoms. The minimum Gasteiger partial charge on any atom is -0.382 e. The van der Waals surface area contributed by atoms with Crippen LogP contribution in [0.5, 0.6) is 0 Å². The smallest absolute Gasteiger partial charge is 0.191 e. The van der Waals surface area contributed by atoms with Crippen LogP contribution in [-0.2, 0) is 17.8 Å². The van der Waals surface area contributed by atoms with E-state index in [0.717, 1.165) is 71.4 Å². The first-order valence-electron chi connectivity index (χ1n) is 11.4. The van der Waals surface area contributed by atoms with Gasteiger partial charge in [0.2, 0.25) is 0 Å². The predicted octanol–water partition coefficient (Wildman–Crippen LogP) is 3.10. The summed E-state index contributed by atoms with van der Waals surface area (Å²) in [5, 5.41) is 6.82. The normalized spacial score (nSPS) is 15.2. The van der Waals surface area contributed by atoms with Crippen LogP contribution in [0.2, 0.25) is 0 Å². The second kappa shape index (κ2) is 13.0. The molecule has 6 nitrogen and oxygen atoms in total. The Morgan fingerprint density at radius 3 is 2.35 bits per heavy atom. The maximum atomic E-state index is 5.39. The van der Waals surface area contributed by atoms with E-state index >= 15 is 0 Å². The van der Waals surface area contributed by atoms with Crippen molar-refractivity contribution in [3.8, 4) is 0 Å². The fourth-order valence-corrected chi connectivity index (χ4v) is 3.85. The monoisotopic (exact) mass is 423 g/mol. The number of nitrogens with zero attached hydrogens (tertiary/aromatic N) is 3. The number of rotatable bonds is 10. The zero-order valence-electron chi connectivity index (χ0n) is 19.0. The van der Waals surface area contributed by atoms with Gasteiger partial charge in [0, 0.05) is 71.8 Å². The third-order valence-electron chi connectivity index (χ3n) is 5.64. The van der Waals surface area contributed by atoms with Crippen molar-refractivity contribution in [2.75, 3.05) is 57.9 Å². The molecule has 0 unspecified atom stereocenters. The van der Waals surface area contributed by atoms with Gasteiger partial charge in [-0.1, -0.05) is 42.5 Å². The van der Waals surface area contributed by atoms with Gasteiger partial charge in [-0.05, 0) is 36.6 Å². The highest BCUT2D eigenvalue weighted by atomic mass is 16.5. The minimum atomic E-state index is 0.769. The fourth-order valence-electron chi connectivity index (χ4n) is 3.85. The van der Waals surface area contributed by atoms with Crippen LogP contribution < -0.4 is 15.5 Å². The molecule has 0 saturated carbocycles. The predicted molar refractivity (Wildman–Crippen MR) is 130 cm³/mol. The Morgan fingerprint density at radius 1 is 0.935 bits per heavy atom. The molecule has 0 aromatic heterocycles. The van der Waals surface area contributed by atoms with E-state index in [1.165, 1.54) is 16.8 Å². The number of guanidine groups is 1. The van der Waals surface area contributed by atoms with Gasteiger partial charge in [-0.15, -0.1) is 0 Å². The summed E-state index contributed by atoms with van der Waals surface area (Å²) in [6.07, 6.45) is 0.972. The zero-order valence-corrected chi connectivity index (χ0v) is 19.0. The summed E-state index contributed by atoms with van der Waals surface area (Å²) in [4.78, 5) is 9.37. The van der Waals surface area contributed by atoms with E-state index in [9.17, 15) is 0 Å². The highest BCUT2D eigenvalue weighted by Crippen LogP contribution is 2.18. The van der Waals surface area contributed by atoms with E-state index in [4.69, 9.17) is 4.74 Å². The topological polar surface area (TPSA) is 52.1 Å². The van der Waals surface area contributed by atoms with Crippen molar-refractivity contribution in [2.24, 2.45) is 4.99 Å². The molecule has 0 radical (unpaired) electrons. The summed E-state index contributed by atoms with van der Waals surface area (Å²) < 4.78 is 5.39. The summed E-state index contributed by atoms with van der Waals surface area (Å²) in [5.41, 5.74) is 4.03. The number of hydrogen-bond donors (Lipinski definition) is 2. The molecule has 1 saturated heterocycles. The quantitative estimate of drug-likeness (QED) is 0.349. The molecule has 0 aliphatic carbocycles. The SMILES string of the molecule is CCOCCCNC(=NC)NCc1ccccc1CN1CCN(c2ccccc2)CC1. The molecule has 2 N–H and O–H groups in total. The Kier molecular flexibility index (Phi) is 9.67. The lowest BCUT2D eigenvalue weighted by atomic mass is 10.1. The van der Waals surface area contributed by atoms with Gasteiger partial charge in [0.05, 0.1) is 0 Å². The second-order valence-electron chi connectivity index (χ2n) is 7.77. The van der Waals surface area contributed by atoms with Gasteiger partial charge in [-0.3, -0.25) is 9.89 Å². The van der Waals surface area contributed by atoms with Crippen LogP contribution in [0.4, 0.5) is 5.69 Å². The lowest BCUT2D eigenvalue weighted by Crippen LogP contribution is -2.46. The largest absolute Gasteiger partial charge is 0.382 e. The molecule has 0 spiro atoms. The summed E-state index contributed by atoms with van der Waals surface area (Å²) in [5.74, 6) is 0.836. The van der Waals surface area contributed by atoms with Crippen molar-refractivity contribution in [1.29, 1.82) is 0 Å². The number of ether oxygens (including phenoxy) is 1. The maximum absolute atomic E-state index is 5.39. The van der Waals surface area contributed by atoms with E-state index in [0.29, 0.717) is 0 Å². The fraction of sp³-hybridized carbons (Fsp3) is 0.480. The Morgan fingerprint density at radius 2 is 1.65 bits per heavy atom. The molecule has 1 aliphatic heterocycles. The maximum Gasteiger partial charge on any atom is 0.191 e. The molecule has 168 valence electrons. The molecule has 2 aromatic rings. The van der Waals surface area contributed by atoms with Gasteiger partial charge >= 0.3 is 0 Å². The molecule has 3 rings (SSSR count). The number of anilines is 1. The molecule has 6 heteroatoms. The standard InChI is InChI=1S/C25H37N5O/c1-3-31-19-9-14-27-25(26-2)28-20-22-10-7-8-11-23(22)21-29-15-17-30(18-16-29)24-12-5-4-6-13-24/h4-8,10-13H,3,9,14-21H2,1-2H3,(H2,26,27,28). The summed E-state index contributed by atoms with van der Waals surface area (Å²) in [7, 11) is 1.82. The molecular formula is C25H37N5O. The number of aliphatic imine (C=N–C) groups is 1. The van der Waals surface area contributed by atoms with Crippen molar-refractivity contribution < 1.29 is 4.74 Å². The summed E-state index contributed by atoms with van der Waals surface area (Å²) >= 11 is 0. The van der Waals surface area contributed by atoms with Gasteiger partial charge in [-0.2, -0.15) is 0 Å². The zero-order chi connectivity index (χ0) is 21.7. The van der Waals surface area contributed by atoms with Crippen LogP contribution in [0, 0.1) is 0 Å². The summed E-state index contributed by atoms with van der Waals surface area (Å²) in [6, 6.07) is 19.4. The van der Waals surface area contributed by atoms with Crippen LogP contribution in [0.25, 0.3) is 0 Å². The lowest BCUT2D eigenvalue weighted by molar-refractivity contribution is 0.145. The average molecular weight is 424 g/mol. The lowest BCUT2D eigenvalue weighted by Gasteiger charge is -2.36. The molecule has 1 fully saturated rings. The molecule has 1 aliphatic rings. The average Bonchev–Trinajstić information content (AvgIpc) is 2.83. The van der Waals surface area contributed by atoms with Crippen molar-refractivity contribution in [1.82, 2.24) is 15.5 Å². The number of piperazine rings is 1. The van der Waals surface area contributed by atoms with E-state index in [-0.39, 0.29) is 0 Å². The van der Waals surface area contributed by atoms with Crippen molar-refractivity contribution >= 4 is 11.6 Å². The number of para-hydroxylation sites is 1. The van der Waals surface area contributed by atoms with Gasteiger partial charge in [0.15, 0.2) is 5.96 Å². The second-order valence-corrected chi connectivity index (χ2v) is 7.77. The van der Waals surface area contributed by atoms with E-state index in [2.05, 4.69) is 80.0 Å². The van der Waals surface area contributed by atoms with Crippen molar-refractivity contribution in [3.05, 3.63) is 65.7 Å². The first-order valence-corrected chi connectivity index (χ1v) is 11.4. The molecular weight excluding hydrogens is 386 g/mol. The van der Waals surface area contributed by atoms with Crippen LogP contribution in [0.15, 0.2) is 59.6 Å². The Labute approximate surface area is 187 Å². The highest BCUT2D eigenvalue weighted by Gasteiger charge is 2.18. The van der Waals surface area contributed by atoms with Gasteiger partial charge in [0.1, 0.15) is 0 Å². The van der Waals surface area contributed by atoms with Crippen molar-refractivity contribution in [2.45, 2.75) is 26.4 Å². The van der Waals surface area contributed by atoms with Crippen LogP contribution in [-0.4, -0.2) is 63.8 Å². The molecule has 0 amide bonds. The molecule has 31 heavy (non-hydrogen) atoms. The Hall–Kier alpha value is -2.57. The molecule has 1 heterocycles. The van der Waals surface area contributed by atoms with E-state index in [1.807, 2.05) is 14.0 Å². The van der Waals surface area contributed by atoms with Crippen LogP contribution in [0.3, 0.4) is 0 Å². The van der Waals surface area contributed by atoms with Gasteiger partial charge in [0.25, 0.3) is 0 Å². The van der Waals surface area contributed by atoms with Crippen molar-refractivity contribution in [3.63, 3.8) is 0 Å². The highest BCUT2D eigenvalue weighted by molar-refractivity contribution is 5.79. The number of hydrogen-bond acceptors (Lipinski definition) is 4. The summed E-state index contributed by atoms with van der Waals surface area (Å²) in [6.45, 7) is 10.5. The minimum absolute atomic E-state index is 0.769. The van der Waals surface area contributed by atoms with E-state index < -0.39 is 0 Å². The third-order valence-corrected chi connectivity index (χ3v) is 5.64. The molecule has 0 atom stereocenters. The Bertz CT molecular complexity index is 788. The third kappa shape index (κ3) is 7.56. The van der Waals surface area contributed by atoms with Gasteiger partial charge in [-0.25, -0.2) is 0 Å². The number of benzene rings is 2. The van der Waals surface area contributed by atoms with Crippen LogP contribution in [0.1, 0.15) is 24.5 Å². The first-order chi connectivity index (χ1) is 15.3. The van der Waals surface area contributed by atoms with Crippen LogP contribution >= 0.6 is 0 Å². The number of nitrogens with one attached hydrogen (secondary N) is 2.